The Balaban J connectivity index is 1.57. The number of aryl methyl sites for hydroxylation is 1. The third kappa shape index (κ3) is 4.67. The molecule has 3 aromatic heterocycles. The van der Waals surface area contributed by atoms with E-state index in [0.717, 1.165) is 4.88 Å². The van der Waals surface area contributed by atoms with Crippen LogP contribution in [0.4, 0.5) is 4.39 Å². The maximum absolute atomic E-state index is 13.9. The van der Waals surface area contributed by atoms with E-state index >= 15 is 0 Å². The number of halogens is 1. The summed E-state index contributed by atoms with van der Waals surface area (Å²) in [6, 6.07) is 8.68. The molecule has 1 unspecified atom stereocenters. The summed E-state index contributed by atoms with van der Waals surface area (Å²) in [5.41, 5.74) is 6.43. The van der Waals surface area contributed by atoms with Gasteiger partial charge >= 0.3 is 0 Å². The zero-order chi connectivity index (χ0) is 22.0. The molecule has 0 spiro atoms. The summed E-state index contributed by atoms with van der Waals surface area (Å²) in [5, 5.41) is 14.9. The van der Waals surface area contributed by atoms with Crippen LogP contribution in [0.1, 0.15) is 30.0 Å². The highest BCUT2D eigenvalue weighted by molar-refractivity contribution is 7.99. The molecule has 160 valence electrons. The minimum Gasteiger partial charge on any atom is -0.370 e. The zero-order valence-corrected chi connectivity index (χ0v) is 18.4. The first-order valence-electron chi connectivity index (χ1n) is 9.44. The van der Waals surface area contributed by atoms with E-state index in [1.54, 1.807) is 19.1 Å². The van der Waals surface area contributed by atoms with Crippen LogP contribution in [0.2, 0.25) is 0 Å². The maximum Gasteiger partial charge on any atom is 0.240 e. The number of thioether (sulfide) groups is 1. The second-order valence-corrected chi connectivity index (χ2v) is 9.09. The number of hydrogen-bond donors (Lipinski definition) is 1. The largest absolute Gasteiger partial charge is 0.370 e. The van der Waals surface area contributed by atoms with Gasteiger partial charge in [-0.05, 0) is 36.9 Å². The van der Waals surface area contributed by atoms with Crippen molar-refractivity contribution in [1.29, 1.82) is 0 Å². The van der Waals surface area contributed by atoms with Gasteiger partial charge in [-0.15, -0.1) is 21.5 Å². The van der Waals surface area contributed by atoms with Crippen molar-refractivity contribution in [2.75, 3.05) is 0 Å². The van der Waals surface area contributed by atoms with E-state index in [9.17, 15) is 9.18 Å². The van der Waals surface area contributed by atoms with Gasteiger partial charge in [0.05, 0.1) is 10.1 Å². The van der Waals surface area contributed by atoms with E-state index in [-0.39, 0.29) is 17.5 Å². The number of nitrogens with two attached hydrogens (primary N) is 1. The fourth-order valence-electron chi connectivity index (χ4n) is 2.85. The molecule has 31 heavy (non-hydrogen) atoms. The van der Waals surface area contributed by atoms with Gasteiger partial charge < -0.3 is 14.8 Å². The molecule has 0 saturated carbocycles. The van der Waals surface area contributed by atoms with Gasteiger partial charge in [-0.1, -0.05) is 35.1 Å². The van der Waals surface area contributed by atoms with E-state index in [0.29, 0.717) is 40.4 Å². The molecule has 0 aliphatic rings. The summed E-state index contributed by atoms with van der Waals surface area (Å²) >= 11 is 2.91. The van der Waals surface area contributed by atoms with Crippen LogP contribution in [-0.2, 0) is 11.3 Å². The number of aromatic nitrogens is 5. The molecule has 0 fully saturated rings. The Morgan fingerprint density at radius 2 is 2.19 bits per heavy atom. The Bertz CT molecular complexity index is 1200. The van der Waals surface area contributed by atoms with Crippen LogP contribution in [-0.4, -0.2) is 30.8 Å². The summed E-state index contributed by atoms with van der Waals surface area (Å²) in [7, 11) is 0. The molecule has 1 atom stereocenters. The summed E-state index contributed by atoms with van der Waals surface area (Å²) < 4.78 is 21.1. The van der Waals surface area contributed by atoms with Gasteiger partial charge in [0.15, 0.2) is 11.0 Å². The number of nitrogens with zero attached hydrogens (tertiary/aromatic N) is 5. The summed E-state index contributed by atoms with van der Waals surface area (Å²) in [5.74, 6) is 0.642. The van der Waals surface area contributed by atoms with Crippen molar-refractivity contribution < 1.29 is 13.7 Å². The third-order valence-electron chi connectivity index (χ3n) is 4.54. The Kier molecular flexibility index (Phi) is 6.14. The zero-order valence-electron chi connectivity index (χ0n) is 16.8. The summed E-state index contributed by atoms with van der Waals surface area (Å²) in [6.45, 7) is 3.95. The van der Waals surface area contributed by atoms with Gasteiger partial charge in [0.1, 0.15) is 5.82 Å². The number of carbonyl (C=O) groups is 1. The normalized spacial score (nSPS) is 12.2. The van der Waals surface area contributed by atoms with Crippen molar-refractivity contribution in [2.45, 2.75) is 37.2 Å². The molecule has 1 aromatic carbocycles. The molecular formula is C20H19FN6O2S2. The first-order valence-corrected chi connectivity index (χ1v) is 11.2. The number of benzene rings is 1. The summed E-state index contributed by atoms with van der Waals surface area (Å²) in [4.78, 5) is 16.7. The molecule has 0 saturated heterocycles. The second-order valence-electron chi connectivity index (χ2n) is 6.83. The van der Waals surface area contributed by atoms with E-state index in [1.165, 1.54) is 29.2 Å². The van der Waals surface area contributed by atoms with Crippen molar-refractivity contribution in [3.63, 3.8) is 0 Å². The van der Waals surface area contributed by atoms with Crippen LogP contribution in [0.3, 0.4) is 0 Å². The quantitative estimate of drug-likeness (QED) is 0.393. The first kappa shape index (κ1) is 21.2. The van der Waals surface area contributed by atoms with Crippen LogP contribution < -0.4 is 5.73 Å². The van der Waals surface area contributed by atoms with Crippen LogP contribution in [0.5, 0.6) is 0 Å². The lowest BCUT2D eigenvalue weighted by molar-refractivity contribution is -0.118. The maximum atomic E-state index is 13.9. The smallest absolute Gasteiger partial charge is 0.240 e. The minimum atomic E-state index is -0.401. The van der Waals surface area contributed by atoms with Crippen LogP contribution in [0, 0.1) is 12.7 Å². The molecule has 0 aliphatic carbocycles. The molecule has 3 heterocycles. The Morgan fingerprint density at radius 3 is 2.90 bits per heavy atom. The molecule has 0 radical (unpaired) electrons. The van der Waals surface area contributed by atoms with Crippen molar-refractivity contribution in [2.24, 2.45) is 5.73 Å². The van der Waals surface area contributed by atoms with Crippen LogP contribution >= 0.6 is 23.1 Å². The standard InChI is InChI=1S/C20H19FN6O2S2/c1-11-5-6-13(10-14(11)21)17-23-19(29-26-17)12(2)31-20-25-24-18(15-4-3-9-30-15)27(20)8-7-16(22)28/h3-6,9-10,12H,7-8H2,1-2H3,(H2,22,28). The molecule has 1 amide bonds. The summed E-state index contributed by atoms with van der Waals surface area (Å²) in [6.07, 6.45) is 0.169. The molecular weight excluding hydrogens is 439 g/mol. The average molecular weight is 459 g/mol. The Labute approximate surface area is 185 Å². The molecule has 11 heteroatoms. The number of primary amides is 1. The van der Waals surface area contributed by atoms with Gasteiger partial charge in [0, 0.05) is 18.5 Å². The number of carbonyl (C=O) groups excluding carboxylic acids is 1. The van der Waals surface area contributed by atoms with Gasteiger partial charge in [-0.3, -0.25) is 4.79 Å². The number of amides is 1. The fourth-order valence-corrected chi connectivity index (χ4v) is 4.47. The number of rotatable bonds is 8. The van der Waals surface area contributed by atoms with Gasteiger partial charge in [-0.25, -0.2) is 4.39 Å². The monoisotopic (exact) mass is 458 g/mol. The highest BCUT2D eigenvalue weighted by Gasteiger charge is 2.22. The average Bonchev–Trinajstić information content (AvgIpc) is 3.49. The van der Waals surface area contributed by atoms with Crippen molar-refractivity contribution in [3.05, 3.63) is 53.0 Å². The van der Waals surface area contributed by atoms with Crippen LogP contribution in [0.15, 0.2) is 45.4 Å². The van der Waals surface area contributed by atoms with Gasteiger partial charge in [0.25, 0.3) is 0 Å². The second kappa shape index (κ2) is 8.98. The third-order valence-corrected chi connectivity index (χ3v) is 6.48. The van der Waals surface area contributed by atoms with E-state index in [1.807, 2.05) is 29.0 Å². The lowest BCUT2D eigenvalue weighted by Crippen LogP contribution is -2.15. The first-order chi connectivity index (χ1) is 14.9. The predicted molar refractivity (Wildman–Crippen MR) is 116 cm³/mol. The van der Waals surface area contributed by atoms with Crippen molar-refractivity contribution in [1.82, 2.24) is 24.9 Å². The predicted octanol–water partition coefficient (Wildman–Crippen LogP) is 4.23. The SMILES string of the molecule is Cc1ccc(-c2noc(C(C)Sc3nnc(-c4cccs4)n3CCC(N)=O)n2)cc1F. The van der Waals surface area contributed by atoms with E-state index < -0.39 is 5.91 Å². The van der Waals surface area contributed by atoms with Crippen molar-refractivity contribution in [3.8, 4) is 22.1 Å². The molecule has 8 nitrogen and oxygen atoms in total. The van der Waals surface area contributed by atoms with Gasteiger partial charge in [0.2, 0.25) is 17.6 Å². The topological polar surface area (TPSA) is 113 Å². The minimum absolute atomic E-state index is 0.169. The molecule has 0 bridgehead atoms. The van der Waals surface area contributed by atoms with Crippen molar-refractivity contribution >= 4 is 29.0 Å². The van der Waals surface area contributed by atoms with E-state index in [4.69, 9.17) is 10.3 Å². The van der Waals surface area contributed by atoms with Crippen LogP contribution in [0.25, 0.3) is 22.1 Å². The lowest BCUT2D eigenvalue weighted by Gasteiger charge is -2.10. The van der Waals surface area contributed by atoms with E-state index in [2.05, 4.69) is 20.3 Å². The molecule has 0 aliphatic heterocycles. The Hall–Kier alpha value is -3.05. The highest BCUT2D eigenvalue weighted by Crippen LogP contribution is 2.36. The number of hydrogen-bond acceptors (Lipinski definition) is 8. The molecule has 2 N–H and O–H groups in total. The molecule has 4 aromatic rings. The lowest BCUT2D eigenvalue weighted by atomic mass is 10.1. The molecule has 4 rings (SSSR count). The fraction of sp³-hybridized carbons (Fsp3) is 0.250. The van der Waals surface area contributed by atoms with Gasteiger partial charge in [-0.2, -0.15) is 4.98 Å². The highest BCUT2D eigenvalue weighted by atomic mass is 32.2. The number of thiophene rings is 1. The Morgan fingerprint density at radius 1 is 1.35 bits per heavy atom.